The molecule has 0 saturated heterocycles. The molecule has 13 rings (SSSR count). The number of benzene rings is 12. The summed E-state index contributed by atoms with van der Waals surface area (Å²) in [5.74, 6) is 0. The molecule has 0 radical (unpaired) electrons. The molecule has 0 aliphatic rings. The van der Waals surface area contributed by atoms with E-state index in [1.807, 2.05) is 12.1 Å². The molecule has 328 valence electrons. The highest BCUT2D eigenvalue weighted by molar-refractivity contribution is 6.22. The predicted octanol–water partition coefficient (Wildman–Crippen LogP) is 19.4. The number of anilines is 3. The summed E-state index contributed by atoms with van der Waals surface area (Å²) >= 11 is 0. The molecule has 12 aromatic carbocycles. The number of hydrogen-bond donors (Lipinski definition) is 0. The van der Waals surface area contributed by atoms with Crippen molar-refractivity contribution in [1.82, 2.24) is 0 Å². The summed E-state index contributed by atoms with van der Waals surface area (Å²) in [6, 6.07) is 98.7. The molecule has 0 aliphatic carbocycles. The van der Waals surface area contributed by atoms with Crippen LogP contribution in [0.3, 0.4) is 0 Å². The van der Waals surface area contributed by atoms with E-state index in [4.69, 9.17) is 4.42 Å². The molecule has 0 aliphatic heterocycles. The molecule has 0 atom stereocenters. The lowest BCUT2D eigenvalue weighted by Gasteiger charge is -2.27. The molecular formula is C68H45NO. The zero-order valence-corrected chi connectivity index (χ0v) is 38.3. The summed E-state index contributed by atoms with van der Waals surface area (Å²) in [5, 5.41) is 7.12. The number of hydrogen-bond acceptors (Lipinski definition) is 2. The zero-order valence-electron chi connectivity index (χ0n) is 38.3. The molecule has 0 fully saturated rings. The molecule has 0 saturated carbocycles. The fourth-order valence-corrected chi connectivity index (χ4v) is 10.7. The van der Waals surface area contributed by atoms with Gasteiger partial charge >= 0.3 is 0 Å². The monoisotopic (exact) mass is 891 g/mol. The smallest absolute Gasteiger partial charge is 0.137 e. The second-order valence-corrected chi connectivity index (χ2v) is 17.9. The molecule has 1 aromatic heterocycles. The van der Waals surface area contributed by atoms with Crippen LogP contribution in [-0.2, 0) is 0 Å². The Kier molecular flexibility index (Phi) is 10.2. The normalized spacial score (nSPS) is 11.4. The Labute approximate surface area is 407 Å². The largest absolute Gasteiger partial charge is 0.456 e. The molecule has 2 nitrogen and oxygen atoms in total. The van der Waals surface area contributed by atoms with Gasteiger partial charge in [-0.25, -0.2) is 0 Å². The van der Waals surface area contributed by atoms with E-state index in [9.17, 15) is 0 Å². The van der Waals surface area contributed by atoms with Crippen LogP contribution in [0.4, 0.5) is 17.1 Å². The fourth-order valence-electron chi connectivity index (χ4n) is 10.7. The lowest BCUT2D eigenvalue weighted by Crippen LogP contribution is -2.09. The van der Waals surface area contributed by atoms with Gasteiger partial charge in [-0.05, 0) is 131 Å². The van der Waals surface area contributed by atoms with Crippen LogP contribution in [0.1, 0.15) is 0 Å². The molecule has 2 heteroatoms. The van der Waals surface area contributed by atoms with Crippen LogP contribution < -0.4 is 4.90 Å². The molecule has 70 heavy (non-hydrogen) atoms. The number of nitrogens with zero attached hydrogens (tertiary/aromatic N) is 1. The molecule has 0 amide bonds. The van der Waals surface area contributed by atoms with Gasteiger partial charge in [-0.1, -0.05) is 224 Å². The van der Waals surface area contributed by atoms with E-state index >= 15 is 0 Å². The maximum absolute atomic E-state index is 6.49. The van der Waals surface area contributed by atoms with Crippen molar-refractivity contribution < 1.29 is 4.42 Å². The van der Waals surface area contributed by atoms with Crippen LogP contribution in [0.15, 0.2) is 277 Å². The van der Waals surface area contributed by atoms with E-state index in [-0.39, 0.29) is 0 Å². The van der Waals surface area contributed by atoms with E-state index < -0.39 is 0 Å². The highest BCUT2D eigenvalue weighted by Crippen LogP contribution is 2.53. The Balaban J connectivity index is 1.02. The summed E-state index contributed by atoms with van der Waals surface area (Å²) in [6.45, 7) is 0. The van der Waals surface area contributed by atoms with Crippen LogP contribution in [0.25, 0.3) is 110 Å². The zero-order chi connectivity index (χ0) is 46.4. The van der Waals surface area contributed by atoms with Gasteiger partial charge in [0, 0.05) is 33.9 Å². The lowest BCUT2D eigenvalue weighted by molar-refractivity contribution is 0.669. The Morgan fingerprint density at radius 1 is 0.243 bits per heavy atom. The summed E-state index contributed by atoms with van der Waals surface area (Å²) in [7, 11) is 0. The van der Waals surface area contributed by atoms with Gasteiger partial charge in [0.05, 0.1) is 0 Å². The van der Waals surface area contributed by atoms with Gasteiger partial charge < -0.3 is 9.32 Å². The number of para-hydroxylation sites is 1. The minimum Gasteiger partial charge on any atom is -0.456 e. The third kappa shape index (κ3) is 7.13. The van der Waals surface area contributed by atoms with Crippen molar-refractivity contribution in [2.75, 3.05) is 4.90 Å². The minimum atomic E-state index is 0.857. The second-order valence-electron chi connectivity index (χ2n) is 17.9. The van der Waals surface area contributed by atoms with Crippen LogP contribution >= 0.6 is 0 Å². The van der Waals surface area contributed by atoms with Crippen molar-refractivity contribution in [3.8, 4) is 66.8 Å². The lowest BCUT2D eigenvalue weighted by atomic mass is 9.77. The van der Waals surface area contributed by atoms with Crippen molar-refractivity contribution in [2.24, 2.45) is 0 Å². The van der Waals surface area contributed by atoms with Crippen molar-refractivity contribution in [1.29, 1.82) is 0 Å². The van der Waals surface area contributed by atoms with E-state index in [1.165, 1.54) is 82.7 Å². The molecule has 0 bridgehead atoms. The van der Waals surface area contributed by atoms with Gasteiger partial charge in [0.15, 0.2) is 0 Å². The summed E-state index contributed by atoms with van der Waals surface area (Å²) < 4.78 is 6.49. The molecule has 0 unspecified atom stereocenters. The first-order chi connectivity index (χ1) is 34.7. The van der Waals surface area contributed by atoms with Crippen molar-refractivity contribution >= 4 is 60.5 Å². The first-order valence-corrected chi connectivity index (χ1v) is 24.0. The predicted molar refractivity (Wildman–Crippen MR) is 296 cm³/mol. The standard InChI is InChI=1S/C68H45NO/c1-5-20-49(21-6-1)64-61-33-18-32-58(68(61)67(52-26-11-4-12-27-52)66(51-24-9-3-10-25-51)65(64)50-22-7-2-8-23-50)48-37-41-54(42-38-48)69(55-43-44-60-59-30-15-16-34-62(59)70-63(60)45-55)53-39-35-47(36-40-53)57-31-17-28-46-19-13-14-29-56(46)57/h1-45H. The third-order valence-corrected chi connectivity index (χ3v) is 13.9. The van der Waals surface area contributed by atoms with Crippen molar-refractivity contribution in [3.05, 3.63) is 273 Å². The first kappa shape index (κ1) is 41.0. The van der Waals surface area contributed by atoms with Gasteiger partial charge in [0.25, 0.3) is 0 Å². The first-order valence-electron chi connectivity index (χ1n) is 24.0. The summed E-state index contributed by atoms with van der Waals surface area (Å²) in [6.07, 6.45) is 0. The topological polar surface area (TPSA) is 16.4 Å². The quantitative estimate of drug-likeness (QED) is 0.144. The van der Waals surface area contributed by atoms with Crippen LogP contribution in [0.5, 0.6) is 0 Å². The maximum Gasteiger partial charge on any atom is 0.137 e. The molecule has 1 heterocycles. The number of furan rings is 1. The summed E-state index contributed by atoms with van der Waals surface area (Å²) in [5.41, 5.74) is 19.1. The Hall–Kier alpha value is -9.24. The highest BCUT2D eigenvalue weighted by Gasteiger charge is 2.26. The van der Waals surface area contributed by atoms with Gasteiger partial charge in [0.2, 0.25) is 0 Å². The van der Waals surface area contributed by atoms with E-state index in [0.717, 1.165) is 44.6 Å². The highest BCUT2D eigenvalue weighted by atomic mass is 16.3. The Morgan fingerprint density at radius 3 is 1.30 bits per heavy atom. The molecule has 13 aromatic rings. The molecule has 0 spiro atoms. The van der Waals surface area contributed by atoms with Crippen LogP contribution in [-0.4, -0.2) is 0 Å². The molecular weight excluding hydrogens is 847 g/mol. The SMILES string of the molecule is c1ccc(-c2c(-c3ccccc3)c(-c3ccccc3)c3c(-c4ccc(N(c5ccc(-c6cccc7ccccc67)cc5)c5ccc6c(c5)oc5ccccc56)cc4)cccc3c2-c2ccccc2)cc1. The van der Waals surface area contributed by atoms with Gasteiger partial charge in [-0.2, -0.15) is 0 Å². The van der Waals surface area contributed by atoms with Gasteiger partial charge in [-0.3, -0.25) is 0 Å². The van der Waals surface area contributed by atoms with Gasteiger partial charge in [0.1, 0.15) is 11.2 Å². The Morgan fingerprint density at radius 2 is 0.671 bits per heavy atom. The van der Waals surface area contributed by atoms with E-state index in [0.29, 0.717) is 0 Å². The minimum absolute atomic E-state index is 0.857. The number of fused-ring (bicyclic) bond motifs is 5. The Bertz CT molecular complexity index is 4000. The van der Waals surface area contributed by atoms with E-state index in [2.05, 4.69) is 266 Å². The van der Waals surface area contributed by atoms with Gasteiger partial charge in [-0.15, -0.1) is 0 Å². The second kappa shape index (κ2) is 17.4. The number of rotatable bonds is 9. The average Bonchev–Trinajstić information content (AvgIpc) is 3.81. The van der Waals surface area contributed by atoms with Crippen molar-refractivity contribution in [2.45, 2.75) is 0 Å². The third-order valence-electron chi connectivity index (χ3n) is 13.9. The average molecular weight is 892 g/mol. The maximum atomic E-state index is 6.49. The molecule has 0 N–H and O–H groups in total. The summed E-state index contributed by atoms with van der Waals surface area (Å²) in [4.78, 5) is 2.34. The fraction of sp³-hybridized carbons (Fsp3) is 0. The van der Waals surface area contributed by atoms with Crippen molar-refractivity contribution in [3.63, 3.8) is 0 Å². The van der Waals surface area contributed by atoms with E-state index in [1.54, 1.807) is 0 Å². The van der Waals surface area contributed by atoms with Crippen LogP contribution in [0.2, 0.25) is 0 Å². The van der Waals surface area contributed by atoms with Crippen LogP contribution in [0, 0.1) is 0 Å².